The van der Waals surface area contributed by atoms with E-state index in [0.29, 0.717) is 19.4 Å². The van der Waals surface area contributed by atoms with Crippen molar-refractivity contribution in [1.29, 1.82) is 0 Å². The molecular formula is C16H20FN3O. The summed E-state index contributed by atoms with van der Waals surface area (Å²) in [7, 11) is 1.91. The number of aromatic nitrogens is 2. The SMILES string of the molecule is CC(CNC(=O)CCc1cncn1C)c1ccc(F)cc1. The molecule has 0 fully saturated rings. The molecule has 0 aliphatic rings. The molecule has 21 heavy (non-hydrogen) atoms. The zero-order valence-electron chi connectivity index (χ0n) is 12.3. The maximum Gasteiger partial charge on any atom is 0.220 e. The number of aryl methyl sites for hydroxylation is 2. The Hall–Kier alpha value is -2.17. The number of benzene rings is 1. The van der Waals surface area contributed by atoms with Gasteiger partial charge in [-0.25, -0.2) is 9.37 Å². The number of rotatable bonds is 6. The second-order valence-corrected chi connectivity index (χ2v) is 5.25. The normalized spacial score (nSPS) is 12.1. The van der Waals surface area contributed by atoms with E-state index in [4.69, 9.17) is 0 Å². The Bertz CT molecular complexity index is 592. The van der Waals surface area contributed by atoms with Gasteiger partial charge in [0, 0.05) is 31.9 Å². The number of nitrogens with zero attached hydrogens (tertiary/aromatic N) is 2. The average molecular weight is 289 g/mol. The van der Waals surface area contributed by atoms with Crippen LogP contribution in [0.3, 0.4) is 0 Å². The number of halogens is 1. The van der Waals surface area contributed by atoms with Crippen molar-refractivity contribution in [1.82, 2.24) is 14.9 Å². The van der Waals surface area contributed by atoms with Crippen LogP contribution in [0.4, 0.5) is 4.39 Å². The molecule has 0 saturated heterocycles. The van der Waals surface area contributed by atoms with Gasteiger partial charge in [-0.3, -0.25) is 4.79 Å². The molecule has 1 aromatic carbocycles. The van der Waals surface area contributed by atoms with E-state index in [1.54, 1.807) is 24.7 Å². The summed E-state index contributed by atoms with van der Waals surface area (Å²) in [5, 5.41) is 2.92. The maximum absolute atomic E-state index is 12.9. The summed E-state index contributed by atoms with van der Waals surface area (Å²) in [6, 6.07) is 6.38. The lowest BCUT2D eigenvalue weighted by atomic mass is 10.0. The van der Waals surface area contributed by atoms with Crippen molar-refractivity contribution < 1.29 is 9.18 Å². The van der Waals surface area contributed by atoms with Gasteiger partial charge in [0.2, 0.25) is 5.91 Å². The van der Waals surface area contributed by atoms with Crippen LogP contribution in [-0.2, 0) is 18.3 Å². The monoisotopic (exact) mass is 289 g/mol. The third kappa shape index (κ3) is 4.41. The van der Waals surface area contributed by atoms with Crippen LogP contribution >= 0.6 is 0 Å². The Labute approximate surface area is 124 Å². The van der Waals surface area contributed by atoms with Gasteiger partial charge in [0.05, 0.1) is 6.33 Å². The maximum atomic E-state index is 12.9. The lowest BCUT2D eigenvalue weighted by Crippen LogP contribution is -2.27. The number of hydrogen-bond acceptors (Lipinski definition) is 2. The summed E-state index contributed by atoms with van der Waals surface area (Å²) < 4.78 is 14.8. The summed E-state index contributed by atoms with van der Waals surface area (Å²) in [6.45, 7) is 2.56. The standard InChI is InChI=1S/C16H20FN3O/c1-12(13-3-5-14(17)6-4-13)9-19-16(21)8-7-15-10-18-11-20(15)2/h3-6,10-12H,7-9H2,1-2H3,(H,19,21). The fraction of sp³-hybridized carbons (Fsp3) is 0.375. The van der Waals surface area contributed by atoms with Crippen molar-refractivity contribution >= 4 is 5.91 Å². The highest BCUT2D eigenvalue weighted by molar-refractivity contribution is 5.76. The van der Waals surface area contributed by atoms with Gasteiger partial charge in [-0.1, -0.05) is 19.1 Å². The first-order valence-corrected chi connectivity index (χ1v) is 7.03. The molecule has 2 aromatic rings. The molecule has 1 amide bonds. The van der Waals surface area contributed by atoms with Gasteiger partial charge in [0.25, 0.3) is 0 Å². The minimum absolute atomic E-state index is 0.0187. The summed E-state index contributed by atoms with van der Waals surface area (Å²) in [6.07, 6.45) is 4.61. The van der Waals surface area contributed by atoms with Crippen molar-refractivity contribution in [3.8, 4) is 0 Å². The highest BCUT2D eigenvalue weighted by Crippen LogP contribution is 2.14. The number of amides is 1. The van der Waals surface area contributed by atoms with Crippen LogP contribution in [0.5, 0.6) is 0 Å². The van der Waals surface area contributed by atoms with E-state index in [0.717, 1.165) is 11.3 Å². The Morgan fingerprint density at radius 2 is 2.10 bits per heavy atom. The van der Waals surface area contributed by atoms with E-state index in [-0.39, 0.29) is 17.6 Å². The fourth-order valence-corrected chi connectivity index (χ4v) is 2.13. The van der Waals surface area contributed by atoms with E-state index in [9.17, 15) is 9.18 Å². The summed E-state index contributed by atoms with van der Waals surface area (Å²) >= 11 is 0. The zero-order valence-corrected chi connectivity index (χ0v) is 12.3. The van der Waals surface area contributed by atoms with Crippen LogP contribution in [-0.4, -0.2) is 22.0 Å². The molecule has 1 heterocycles. The molecule has 0 spiro atoms. The molecule has 1 unspecified atom stereocenters. The minimum Gasteiger partial charge on any atom is -0.355 e. The van der Waals surface area contributed by atoms with E-state index in [1.807, 2.05) is 18.5 Å². The molecule has 2 rings (SSSR count). The van der Waals surface area contributed by atoms with Crippen molar-refractivity contribution in [2.45, 2.75) is 25.7 Å². The Morgan fingerprint density at radius 3 is 2.71 bits per heavy atom. The van der Waals surface area contributed by atoms with Crippen LogP contribution in [0.15, 0.2) is 36.8 Å². The molecule has 0 saturated carbocycles. The lowest BCUT2D eigenvalue weighted by molar-refractivity contribution is -0.121. The second-order valence-electron chi connectivity index (χ2n) is 5.25. The molecule has 112 valence electrons. The van der Waals surface area contributed by atoms with Crippen molar-refractivity contribution in [3.05, 3.63) is 53.9 Å². The highest BCUT2D eigenvalue weighted by Gasteiger charge is 2.09. The molecule has 0 aliphatic heterocycles. The number of carbonyl (C=O) groups excluding carboxylic acids is 1. The fourth-order valence-electron chi connectivity index (χ4n) is 2.13. The predicted molar refractivity (Wildman–Crippen MR) is 79.4 cm³/mol. The average Bonchev–Trinajstić information content (AvgIpc) is 2.88. The summed E-state index contributed by atoms with van der Waals surface area (Å²) in [4.78, 5) is 15.9. The zero-order chi connectivity index (χ0) is 15.2. The van der Waals surface area contributed by atoms with E-state index < -0.39 is 0 Å². The second kappa shape index (κ2) is 7.02. The molecule has 0 radical (unpaired) electrons. The van der Waals surface area contributed by atoms with Crippen LogP contribution in [0.2, 0.25) is 0 Å². The first-order chi connectivity index (χ1) is 10.1. The quantitative estimate of drug-likeness (QED) is 0.887. The Kier molecular flexibility index (Phi) is 5.09. The van der Waals surface area contributed by atoms with E-state index in [2.05, 4.69) is 10.3 Å². The molecule has 1 aromatic heterocycles. The Balaban J connectivity index is 1.76. The topological polar surface area (TPSA) is 46.9 Å². The molecule has 5 heteroatoms. The van der Waals surface area contributed by atoms with Gasteiger partial charge in [-0.2, -0.15) is 0 Å². The van der Waals surface area contributed by atoms with Gasteiger partial charge in [0.1, 0.15) is 5.82 Å². The van der Waals surface area contributed by atoms with E-state index in [1.165, 1.54) is 12.1 Å². The van der Waals surface area contributed by atoms with Crippen LogP contribution in [0.1, 0.15) is 30.5 Å². The number of hydrogen-bond donors (Lipinski definition) is 1. The van der Waals surface area contributed by atoms with Gasteiger partial charge in [-0.15, -0.1) is 0 Å². The number of imidazole rings is 1. The Morgan fingerprint density at radius 1 is 1.38 bits per heavy atom. The smallest absolute Gasteiger partial charge is 0.220 e. The van der Waals surface area contributed by atoms with Crippen molar-refractivity contribution in [2.75, 3.05) is 6.54 Å². The lowest BCUT2D eigenvalue weighted by Gasteiger charge is -2.13. The molecule has 0 bridgehead atoms. The van der Waals surface area contributed by atoms with Gasteiger partial charge in [0.15, 0.2) is 0 Å². The molecule has 1 N–H and O–H groups in total. The van der Waals surface area contributed by atoms with Gasteiger partial charge >= 0.3 is 0 Å². The summed E-state index contributed by atoms with van der Waals surface area (Å²) in [5.74, 6) is -0.0671. The summed E-state index contributed by atoms with van der Waals surface area (Å²) in [5.41, 5.74) is 2.06. The highest BCUT2D eigenvalue weighted by atomic mass is 19.1. The number of nitrogens with one attached hydrogen (secondary N) is 1. The molecule has 1 atom stereocenters. The predicted octanol–water partition coefficient (Wildman–Crippen LogP) is 2.41. The molecular weight excluding hydrogens is 269 g/mol. The van der Waals surface area contributed by atoms with Crippen LogP contribution in [0.25, 0.3) is 0 Å². The third-order valence-electron chi connectivity index (χ3n) is 3.57. The van der Waals surface area contributed by atoms with Gasteiger partial charge in [-0.05, 0) is 30.0 Å². The largest absolute Gasteiger partial charge is 0.355 e. The molecule has 4 nitrogen and oxygen atoms in total. The van der Waals surface area contributed by atoms with Crippen LogP contribution in [0, 0.1) is 5.82 Å². The first-order valence-electron chi connectivity index (χ1n) is 7.03. The minimum atomic E-state index is -0.244. The third-order valence-corrected chi connectivity index (χ3v) is 3.57. The van der Waals surface area contributed by atoms with Crippen LogP contribution < -0.4 is 5.32 Å². The van der Waals surface area contributed by atoms with E-state index >= 15 is 0 Å². The van der Waals surface area contributed by atoms with Gasteiger partial charge < -0.3 is 9.88 Å². The van der Waals surface area contributed by atoms with Crippen molar-refractivity contribution in [3.63, 3.8) is 0 Å². The first kappa shape index (κ1) is 15.2. The van der Waals surface area contributed by atoms with Crippen molar-refractivity contribution in [2.24, 2.45) is 7.05 Å². The number of carbonyl (C=O) groups is 1. The molecule has 0 aliphatic carbocycles.